The van der Waals surface area contributed by atoms with Crippen molar-refractivity contribution in [2.75, 3.05) is 21.3 Å². The van der Waals surface area contributed by atoms with Crippen LogP contribution in [0.4, 0.5) is 0 Å². The van der Waals surface area contributed by atoms with Gasteiger partial charge >= 0.3 is 0 Å². The molecule has 0 spiro atoms. The molecule has 0 amide bonds. The topological polar surface area (TPSA) is 40.6 Å². The largest absolute Gasteiger partial charge is 0.493 e. The van der Waals surface area contributed by atoms with Crippen molar-refractivity contribution in [3.05, 3.63) is 55.8 Å². The van der Waals surface area contributed by atoms with Gasteiger partial charge in [0.25, 0.3) is 0 Å². The molecule has 3 aromatic rings. The molecule has 0 bridgehead atoms. The van der Waals surface area contributed by atoms with Crippen LogP contribution in [0.25, 0.3) is 23.4 Å². The van der Waals surface area contributed by atoms with Gasteiger partial charge in [0.1, 0.15) is 5.01 Å². The summed E-state index contributed by atoms with van der Waals surface area (Å²) in [6.07, 6.45) is 3.91. The van der Waals surface area contributed by atoms with Gasteiger partial charge in [-0.3, -0.25) is 0 Å². The van der Waals surface area contributed by atoms with Crippen molar-refractivity contribution in [1.82, 2.24) is 4.98 Å². The number of benzene rings is 2. The summed E-state index contributed by atoms with van der Waals surface area (Å²) in [6.45, 7) is 0. The zero-order valence-corrected chi connectivity index (χ0v) is 18.1. The Morgan fingerprint density at radius 2 is 1.59 bits per heavy atom. The quantitative estimate of drug-likeness (QED) is 0.420. The van der Waals surface area contributed by atoms with E-state index >= 15 is 0 Å². The fourth-order valence-electron chi connectivity index (χ4n) is 2.54. The Morgan fingerprint density at radius 3 is 2.15 bits per heavy atom. The summed E-state index contributed by atoms with van der Waals surface area (Å²) in [6, 6.07) is 11.4. The molecule has 1 heterocycles. The highest BCUT2D eigenvalue weighted by molar-refractivity contribution is 9.11. The molecule has 2 aromatic carbocycles. The molecule has 1 aromatic heterocycles. The third kappa shape index (κ3) is 4.46. The van der Waals surface area contributed by atoms with Crippen molar-refractivity contribution in [1.29, 1.82) is 0 Å². The number of halogens is 2. The summed E-state index contributed by atoms with van der Waals surface area (Å²) in [5.41, 5.74) is 2.82. The van der Waals surface area contributed by atoms with Crippen LogP contribution in [0.1, 0.15) is 10.6 Å². The maximum absolute atomic E-state index is 5.96. The normalized spacial score (nSPS) is 11.0. The first-order valence-electron chi connectivity index (χ1n) is 7.96. The average molecular weight is 467 g/mol. The van der Waals surface area contributed by atoms with E-state index in [0.717, 1.165) is 25.6 Å². The Bertz CT molecular complexity index is 945. The minimum absolute atomic E-state index is 0.569. The van der Waals surface area contributed by atoms with Crippen LogP contribution in [0.15, 0.2) is 40.2 Å². The van der Waals surface area contributed by atoms with Gasteiger partial charge in [-0.15, -0.1) is 11.3 Å². The summed E-state index contributed by atoms with van der Waals surface area (Å²) in [5, 5.41) is 1.58. The lowest BCUT2D eigenvalue weighted by molar-refractivity contribution is 0.324. The van der Waals surface area contributed by atoms with Gasteiger partial charge in [-0.1, -0.05) is 29.8 Å². The molecule has 27 heavy (non-hydrogen) atoms. The van der Waals surface area contributed by atoms with Gasteiger partial charge in [0, 0.05) is 10.6 Å². The van der Waals surface area contributed by atoms with E-state index in [1.165, 1.54) is 0 Å². The molecule has 0 aliphatic carbocycles. The van der Waals surface area contributed by atoms with E-state index < -0.39 is 0 Å². The van der Waals surface area contributed by atoms with Crippen molar-refractivity contribution in [3.8, 4) is 28.5 Å². The lowest BCUT2D eigenvalue weighted by atomic mass is 10.1. The first kappa shape index (κ1) is 19.7. The lowest BCUT2D eigenvalue weighted by Crippen LogP contribution is -1.95. The second kappa shape index (κ2) is 8.78. The Morgan fingerprint density at radius 1 is 0.963 bits per heavy atom. The highest BCUT2D eigenvalue weighted by Crippen LogP contribution is 2.39. The van der Waals surface area contributed by atoms with Crippen LogP contribution in [-0.2, 0) is 0 Å². The fraction of sp³-hybridized carbons (Fsp3) is 0.150. The van der Waals surface area contributed by atoms with Gasteiger partial charge in [-0.25, -0.2) is 4.98 Å². The molecule has 3 rings (SSSR count). The van der Waals surface area contributed by atoms with Crippen LogP contribution in [0.3, 0.4) is 0 Å². The van der Waals surface area contributed by atoms with E-state index in [2.05, 4.69) is 15.9 Å². The molecular formula is C20H17BrClNO3S. The molecule has 0 atom stereocenters. The molecule has 7 heteroatoms. The summed E-state index contributed by atoms with van der Waals surface area (Å²) in [4.78, 5) is 4.70. The molecule has 0 aliphatic heterocycles. The Labute approximate surface area is 175 Å². The van der Waals surface area contributed by atoms with Gasteiger partial charge in [0.15, 0.2) is 11.5 Å². The molecule has 140 valence electrons. The highest BCUT2D eigenvalue weighted by atomic mass is 79.9. The predicted molar refractivity (Wildman–Crippen MR) is 115 cm³/mol. The number of thiazole rings is 1. The fourth-order valence-corrected chi connectivity index (χ4v) is 4.20. The summed E-state index contributed by atoms with van der Waals surface area (Å²) in [7, 11) is 4.78. The van der Waals surface area contributed by atoms with E-state index in [-0.39, 0.29) is 0 Å². The van der Waals surface area contributed by atoms with Crippen molar-refractivity contribution in [3.63, 3.8) is 0 Å². The molecular weight excluding hydrogens is 450 g/mol. The van der Waals surface area contributed by atoms with Crippen molar-refractivity contribution >= 4 is 51.0 Å². The summed E-state index contributed by atoms with van der Waals surface area (Å²) < 4.78 is 17.1. The molecule has 0 saturated carbocycles. The van der Waals surface area contributed by atoms with Crippen molar-refractivity contribution in [2.45, 2.75) is 0 Å². The maximum atomic E-state index is 5.96. The molecule has 0 saturated heterocycles. The van der Waals surface area contributed by atoms with E-state index in [9.17, 15) is 0 Å². The number of hydrogen-bond donors (Lipinski definition) is 0. The van der Waals surface area contributed by atoms with Gasteiger partial charge in [-0.2, -0.15) is 0 Å². The van der Waals surface area contributed by atoms with Crippen LogP contribution in [0, 0.1) is 0 Å². The lowest BCUT2D eigenvalue weighted by Gasteiger charge is -2.12. The average Bonchev–Trinajstić information content (AvgIpc) is 3.06. The standard InChI is InChI=1S/C20H17BrClNO3S/c1-24-15-10-12(11-16(25-2)19(15)26-3)4-9-17-23-18(20(21)27-17)13-5-7-14(22)8-6-13/h4-11H,1-3H3/b9-4+. The van der Waals surface area contributed by atoms with E-state index in [1.54, 1.807) is 32.7 Å². The van der Waals surface area contributed by atoms with Crippen LogP contribution < -0.4 is 14.2 Å². The van der Waals surface area contributed by atoms with Crippen molar-refractivity contribution < 1.29 is 14.2 Å². The third-order valence-electron chi connectivity index (χ3n) is 3.83. The first-order valence-corrected chi connectivity index (χ1v) is 9.94. The Balaban J connectivity index is 1.90. The van der Waals surface area contributed by atoms with Crippen LogP contribution in [0.5, 0.6) is 17.2 Å². The number of ether oxygens (including phenoxy) is 3. The van der Waals surface area contributed by atoms with Gasteiger partial charge in [-0.05, 0) is 51.8 Å². The molecule has 4 nitrogen and oxygen atoms in total. The monoisotopic (exact) mass is 465 g/mol. The summed E-state index contributed by atoms with van der Waals surface area (Å²) >= 11 is 11.1. The van der Waals surface area contributed by atoms with Crippen LogP contribution >= 0.6 is 38.9 Å². The number of aromatic nitrogens is 1. The second-order valence-corrected chi connectivity index (χ2v) is 8.26. The molecule has 0 unspecified atom stereocenters. The van der Waals surface area contributed by atoms with E-state index in [4.69, 9.17) is 30.8 Å². The summed E-state index contributed by atoms with van der Waals surface area (Å²) in [5.74, 6) is 1.79. The first-order chi connectivity index (χ1) is 13.0. The maximum Gasteiger partial charge on any atom is 0.203 e. The molecule has 0 aliphatic rings. The van der Waals surface area contributed by atoms with Crippen LogP contribution in [-0.4, -0.2) is 26.3 Å². The molecule has 0 fully saturated rings. The third-order valence-corrected chi connectivity index (χ3v) is 5.75. The van der Waals surface area contributed by atoms with E-state index in [0.29, 0.717) is 22.3 Å². The second-order valence-electron chi connectivity index (χ2n) is 5.47. The molecule has 0 N–H and O–H groups in total. The Hall–Kier alpha value is -2.02. The van der Waals surface area contributed by atoms with Crippen molar-refractivity contribution in [2.24, 2.45) is 0 Å². The predicted octanol–water partition coefficient (Wildman–Crippen LogP) is 6.42. The van der Waals surface area contributed by atoms with Gasteiger partial charge in [0.2, 0.25) is 5.75 Å². The van der Waals surface area contributed by atoms with Gasteiger partial charge in [0.05, 0.1) is 30.8 Å². The van der Waals surface area contributed by atoms with E-state index in [1.807, 2.05) is 48.6 Å². The Kier molecular flexibility index (Phi) is 6.42. The number of nitrogens with zero attached hydrogens (tertiary/aromatic N) is 1. The zero-order valence-electron chi connectivity index (χ0n) is 15.0. The zero-order chi connectivity index (χ0) is 19.4. The SMILES string of the molecule is COc1cc(/C=C/c2nc(-c3ccc(Cl)cc3)c(Br)s2)cc(OC)c1OC. The minimum atomic E-state index is 0.569. The minimum Gasteiger partial charge on any atom is -0.493 e. The molecule has 0 radical (unpaired) electrons. The van der Waals surface area contributed by atoms with Crippen LogP contribution in [0.2, 0.25) is 5.02 Å². The number of hydrogen-bond acceptors (Lipinski definition) is 5. The van der Waals surface area contributed by atoms with Gasteiger partial charge < -0.3 is 14.2 Å². The smallest absolute Gasteiger partial charge is 0.203 e. The number of methoxy groups -OCH3 is 3. The number of rotatable bonds is 6. The highest BCUT2D eigenvalue weighted by Gasteiger charge is 2.13.